The number of hydrogen-bond acceptors (Lipinski definition) is 7. The molecule has 1 aliphatic rings. The van der Waals surface area contributed by atoms with Gasteiger partial charge in [0.25, 0.3) is 0 Å². The molecule has 1 heterocycles. The van der Waals surface area contributed by atoms with Crippen molar-refractivity contribution in [3.63, 3.8) is 0 Å². The number of nitrogens with zero attached hydrogens (tertiary/aromatic N) is 2. The molecule has 0 aromatic heterocycles. The lowest BCUT2D eigenvalue weighted by Crippen LogP contribution is -2.26. The Hall–Kier alpha value is -3.33. The third-order valence-electron chi connectivity index (χ3n) is 3.94. The minimum absolute atomic E-state index is 0.257. The molecule has 1 saturated heterocycles. The summed E-state index contributed by atoms with van der Waals surface area (Å²) >= 11 is 1.04. The average molecular weight is 413 g/mol. The van der Waals surface area contributed by atoms with Crippen molar-refractivity contribution in [1.29, 1.82) is 0 Å². The van der Waals surface area contributed by atoms with Crippen molar-refractivity contribution in [2.24, 2.45) is 10.2 Å². The molecule has 0 unspecified atom stereocenters. The van der Waals surface area contributed by atoms with Crippen molar-refractivity contribution < 1.29 is 24.2 Å². The van der Waals surface area contributed by atoms with Crippen molar-refractivity contribution in [1.82, 2.24) is 5.32 Å². The van der Waals surface area contributed by atoms with E-state index >= 15 is 0 Å². The molecule has 2 aromatic rings. The van der Waals surface area contributed by atoms with Crippen LogP contribution in [0.25, 0.3) is 0 Å². The van der Waals surface area contributed by atoms with Gasteiger partial charge in [0, 0.05) is 5.56 Å². The summed E-state index contributed by atoms with van der Waals surface area (Å²) in [5.41, 5.74) is 1.66. The molecule has 9 heteroatoms. The predicted octanol–water partition coefficient (Wildman–Crippen LogP) is 2.67. The molecule has 0 radical (unpaired) electrons. The highest BCUT2D eigenvalue weighted by molar-refractivity contribution is 8.15. The summed E-state index contributed by atoms with van der Waals surface area (Å²) in [6, 6.07) is 15.1. The van der Waals surface area contributed by atoms with Gasteiger partial charge in [-0.15, -0.1) is 5.10 Å². The van der Waals surface area contributed by atoms with Gasteiger partial charge in [-0.2, -0.15) is 5.10 Å². The third-order valence-corrected chi connectivity index (χ3v) is 5.01. The number of ether oxygens (including phenoxy) is 2. The number of para-hydroxylation sites is 1. The fourth-order valence-electron chi connectivity index (χ4n) is 2.57. The van der Waals surface area contributed by atoms with Gasteiger partial charge >= 0.3 is 5.97 Å². The summed E-state index contributed by atoms with van der Waals surface area (Å²) in [5.74, 6) is -0.351. The number of thioether (sulfide) groups is 1. The molecule has 0 bridgehead atoms. The number of carbonyl (C=O) groups excluding carboxylic acids is 1. The molecular weight excluding hydrogens is 394 g/mol. The van der Waals surface area contributed by atoms with Crippen LogP contribution in [0.3, 0.4) is 0 Å². The van der Waals surface area contributed by atoms with Gasteiger partial charge in [0.2, 0.25) is 5.91 Å². The second-order valence-electron chi connectivity index (χ2n) is 6.00. The number of aliphatic carboxylic acids is 1. The van der Waals surface area contributed by atoms with Crippen LogP contribution in [0.1, 0.15) is 17.5 Å². The normalized spacial score (nSPS) is 17.5. The SMILES string of the molecule is COc1cccc(/C=N\N=C2/NC(=O)[C@@H](CC(=O)O)S2)c1OCc1ccccc1. The molecule has 150 valence electrons. The molecule has 0 saturated carbocycles. The lowest BCUT2D eigenvalue weighted by atomic mass is 10.2. The summed E-state index contributed by atoms with van der Waals surface area (Å²) in [6.45, 7) is 0.360. The van der Waals surface area contributed by atoms with Crippen LogP contribution in [0.15, 0.2) is 58.7 Å². The molecule has 3 rings (SSSR count). The number of hydrogen-bond donors (Lipinski definition) is 2. The Labute approximate surface area is 171 Å². The first-order valence-corrected chi connectivity index (χ1v) is 9.59. The lowest BCUT2D eigenvalue weighted by Gasteiger charge is -2.13. The van der Waals surface area contributed by atoms with Crippen LogP contribution in [0.4, 0.5) is 0 Å². The smallest absolute Gasteiger partial charge is 0.305 e. The maximum atomic E-state index is 11.7. The summed E-state index contributed by atoms with van der Waals surface area (Å²) < 4.78 is 11.3. The standard InChI is InChI=1S/C20H19N3O5S/c1-27-15-9-5-8-14(18(15)28-12-13-6-3-2-4-7-13)11-21-23-20-22-19(26)16(29-20)10-17(24)25/h2-9,11,16H,10,12H2,1H3,(H,24,25)(H,22,23,26)/b21-11-/t16-/m1/s1. The van der Waals surface area contributed by atoms with E-state index < -0.39 is 11.2 Å². The first-order chi connectivity index (χ1) is 14.1. The molecule has 1 aliphatic heterocycles. The minimum Gasteiger partial charge on any atom is -0.493 e. The molecule has 0 spiro atoms. The number of amides is 1. The van der Waals surface area contributed by atoms with Crippen LogP contribution in [0.2, 0.25) is 0 Å². The summed E-state index contributed by atoms with van der Waals surface area (Å²) in [6.07, 6.45) is 1.22. The van der Waals surface area contributed by atoms with Crippen molar-refractivity contribution in [3.8, 4) is 11.5 Å². The van der Waals surface area contributed by atoms with Crippen molar-refractivity contribution in [3.05, 3.63) is 59.7 Å². The molecule has 1 atom stereocenters. The quantitative estimate of drug-likeness (QED) is 0.509. The predicted molar refractivity (Wildman–Crippen MR) is 111 cm³/mol. The number of methoxy groups -OCH3 is 1. The van der Waals surface area contributed by atoms with Gasteiger partial charge in [0.1, 0.15) is 11.9 Å². The van der Waals surface area contributed by atoms with E-state index in [-0.39, 0.29) is 17.5 Å². The van der Waals surface area contributed by atoms with Gasteiger partial charge in [0.05, 0.1) is 19.7 Å². The highest BCUT2D eigenvalue weighted by Gasteiger charge is 2.32. The Bertz CT molecular complexity index is 946. The maximum Gasteiger partial charge on any atom is 0.305 e. The minimum atomic E-state index is -1.04. The highest BCUT2D eigenvalue weighted by Crippen LogP contribution is 2.31. The van der Waals surface area contributed by atoms with E-state index in [0.29, 0.717) is 23.7 Å². The molecule has 29 heavy (non-hydrogen) atoms. The summed E-state index contributed by atoms with van der Waals surface area (Å²) in [7, 11) is 1.55. The number of amidine groups is 1. The van der Waals surface area contributed by atoms with Crippen molar-refractivity contribution in [2.45, 2.75) is 18.3 Å². The number of nitrogens with one attached hydrogen (secondary N) is 1. The fraction of sp³-hybridized carbons (Fsp3) is 0.200. The number of carboxylic acids is 1. The number of carbonyl (C=O) groups is 2. The van der Waals surface area contributed by atoms with Crippen molar-refractivity contribution >= 4 is 35.0 Å². The van der Waals surface area contributed by atoms with Gasteiger partial charge in [-0.05, 0) is 17.7 Å². The second kappa shape index (κ2) is 9.74. The van der Waals surface area contributed by atoms with Crippen LogP contribution in [-0.4, -0.2) is 40.7 Å². The molecule has 1 amide bonds. The summed E-state index contributed by atoms with van der Waals surface area (Å²) in [5, 5.41) is 18.9. The molecular formula is C20H19N3O5S. The van der Waals surface area contributed by atoms with Gasteiger partial charge in [-0.1, -0.05) is 48.2 Å². The van der Waals surface area contributed by atoms with Gasteiger partial charge < -0.3 is 19.9 Å². The number of benzene rings is 2. The zero-order chi connectivity index (χ0) is 20.6. The van der Waals surface area contributed by atoms with Crippen LogP contribution < -0.4 is 14.8 Å². The zero-order valence-electron chi connectivity index (χ0n) is 15.6. The first-order valence-electron chi connectivity index (χ1n) is 8.71. The molecule has 1 fully saturated rings. The van der Waals surface area contributed by atoms with E-state index in [1.165, 1.54) is 6.21 Å². The zero-order valence-corrected chi connectivity index (χ0v) is 16.4. The second-order valence-corrected chi connectivity index (χ2v) is 7.19. The Morgan fingerprint density at radius 1 is 1.24 bits per heavy atom. The molecule has 0 aliphatic carbocycles. The molecule has 2 N–H and O–H groups in total. The van der Waals surface area contributed by atoms with Crippen LogP contribution in [0, 0.1) is 0 Å². The van der Waals surface area contributed by atoms with E-state index in [1.54, 1.807) is 25.3 Å². The van der Waals surface area contributed by atoms with Gasteiger partial charge in [-0.3, -0.25) is 9.59 Å². The van der Waals surface area contributed by atoms with Crippen molar-refractivity contribution in [2.75, 3.05) is 7.11 Å². The number of rotatable bonds is 8. The lowest BCUT2D eigenvalue weighted by molar-refractivity contribution is -0.138. The maximum absolute atomic E-state index is 11.7. The topological polar surface area (TPSA) is 110 Å². The van der Waals surface area contributed by atoms with E-state index in [0.717, 1.165) is 17.3 Å². The third kappa shape index (κ3) is 5.58. The Kier molecular flexibility index (Phi) is 6.85. The van der Waals surface area contributed by atoms with Gasteiger partial charge in [0.15, 0.2) is 16.7 Å². The Balaban J connectivity index is 1.73. The monoisotopic (exact) mass is 413 g/mol. The van der Waals surface area contributed by atoms with Gasteiger partial charge in [-0.25, -0.2) is 0 Å². The summed E-state index contributed by atoms with van der Waals surface area (Å²) in [4.78, 5) is 22.5. The fourth-order valence-corrected chi connectivity index (χ4v) is 3.48. The van der Waals surface area contributed by atoms with Crippen LogP contribution in [-0.2, 0) is 16.2 Å². The van der Waals surface area contributed by atoms with E-state index in [4.69, 9.17) is 14.6 Å². The van der Waals surface area contributed by atoms with E-state index in [2.05, 4.69) is 15.5 Å². The van der Waals surface area contributed by atoms with E-state index in [1.807, 2.05) is 30.3 Å². The first kappa shape index (κ1) is 20.4. The van der Waals surface area contributed by atoms with Crippen LogP contribution >= 0.6 is 11.8 Å². The largest absolute Gasteiger partial charge is 0.493 e. The Morgan fingerprint density at radius 2 is 2.03 bits per heavy atom. The number of carboxylic acid groups (broad SMARTS) is 1. The van der Waals surface area contributed by atoms with Crippen LogP contribution in [0.5, 0.6) is 11.5 Å². The van der Waals surface area contributed by atoms with E-state index in [9.17, 15) is 9.59 Å². The Morgan fingerprint density at radius 3 is 2.76 bits per heavy atom. The molecule has 8 nitrogen and oxygen atoms in total. The average Bonchev–Trinajstić information content (AvgIpc) is 3.06. The highest BCUT2D eigenvalue weighted by atomic mass is 32.2. The molecule has 2 aromatic carbocycles.